The Kier molecular flexibility index (Phi) is 4.41. The van der Waals surface area contributed by atoms with Crippen LogP contribution in [0, 0.1) is 0 Å². The summed E-state index contributed by atoms with van der Waals surface area (Å²) in [4.78, 5) is 15.8. The normalized spacial score (nSPS) is 10.8. The Hall–Kier alpha value is -2.29. The van der Waals surface area contributed by atoms with Gasteiger partial charge < -0.3 is 14.0 Å². The molecule has 108 valence electrons. The smallest absolute Gasteiger partial charge is 0.360 e. The molecule has 0 unspecified atom stereocenters. The first-order chi connectivity index (χ1) is 9.69. The van der Waals surface area contributed by atoms with Gasteiger partial charge in [-0.05, 0) is 0 Å². The molecule has 0 aliphatic carbocycles. The third-order valence-corrected chi connectivity index (χ3v) is 2.60. The minimum atomic E-state index is -0.564. The number of carbonyl (C=O) groups is 1. The Morgan fingerprint density at radius 2 is 2.20 bits per heavy atom. The lowest BCUT2D eigenvalue weighted by Crippen LogP contribution is -2.12. The fraction of sp³-hybridized carbons (Fsp3) is 0.545. The minimum Gasteiger partial charge on any atom is -0.464 e. The highest BCUT2D eigenvalue weighted by atomic mass is 16.5. The summed E-state index contributed by atoms with van der Waals surface area (Å²) >= 11 is 0. The van der Waals surface area contributed by atoms with Crippen molar-refractivity contribution in [2.45, 2.75) is 26.5 Å². The molecule has 0 amide bonds. The number of nitrogens with zero attached hydrogens (tertiary/aromatic N) is 5. The second-order valence-corrected chi connectivity index (χ2v) is 3.92. The summed E-state index contributed by atoms with van der Waals surface area (Å²) in [6, 6.07) is 0. The van der Waals surface area contributed by atoms with Gasteiger partial charge in [-0.25, -0.2) is 9.48 Å². The molecule has 0 radical (unpaired) electrons. The standard InChI is InChI=1S/C11H15N5O4/c1-4-9-12-8(14-20-9)5-16-7(6-18-2)10(13-15-16)11(17)19-3/h4-6H2,1-3H3. The highest BCUT2D eigenvalue weighted by Crippen LogP contribution is 2.10. The van der Waals surface area contributed by atoms with Crippen molar-refractivity contribution >= 4 is 5.97 Å². The van der Waals surface area contributed by atoms with Crippen LogP contribution in [0.2, 0.25) is 0 Å². The van der Waals surface area contributed by atoms with E-state index in [1.807, 2.05) is 6.92 Å². The Balaban J connectivity index is 2.26. The van der Waals surface area contributed by atoms with Gasteiger partial charge in [0.25, 0.3) is 0 Å². The van der Waals surface area contributed by atoms with Gasteiger partial charge in [0.05, 0.1) is 19.4 Å². The number of hydrogen-bond donors (Lipinski definition) is 0. The molecule has 0 aliphatic rings. The zero-order valence-electron chi connectivity index (χ0n) is 11.5. The van der Waals surface area contributed by atoms with Gasteiger partial charge in [0, 0.05) is 13.5 Å². The average molecular weight is 281 g/mol. The van der Waals surface area contributed by atoms with Crippen LogP contribution in [0.4, 0.5) is 0 Å². The lowest BCUT2D eigenvalue weighted by Gasteiger charge is -2.04. The van der Waals surface area contributed by atoms with Crippen LogP contribution in [0.5, 0.6) is 0 Å². The van der Waals surface area contributed by atoms with Crippen LogP contribution in [-0.2, 0) is 29.0 Å². The monoisotopic (exact) mass is 281 g/mol. The molecule has 20 heavy (non-hydrogen) atoms. The van der Waals surface area contributed by atoms with Crippen LogP contribution in [0.1, 0.15) is 34.8 Å². The molecule has 0 spiro atoms. The largest absolute Gasteiger partial charge is 0.464 e. The average Bonchev–Trinajstić information content (AvgIpc) is 3.07. The molecule has 2 heterocycles. The van der Waals surface area contributed by atoms with Gasteiger partial charge in [-0.15, -0.1) is 5.10 Å². The summed E-state index contributed by atoms with van der Waals surface area (Å²) in [5, 5.41) is 11.5. The van der Waals surface area contributed by atoms with Crippen molar-refractivity contribution in [3.8, 4) is 0 Å². The van der Waals surface area contributed by atoms with Crippen LogP contribution in [0.3, 0.4) is 0 Å². The fourth-order valence-electron chi connectivity index (χ4n) is 1.63. The number of ether oxygens (including phenoxy) is 2. The van der Waals surface area contributed by atoms with E-state index in [9.17, 15) is 4.79 Å². The molecule has 9 nitrogen and oxygen atoms in total. The lowest BCUT2D eigenvalue weighted by molar-refractivity contribution is 0.0588. The molecule has 0 N–H and O–H groups in total. The van der Waals surface area contributed by atoms with E-state index in [-0.39, 0.29) is 18.8 Å². The maximum Gasteiger partial charge on any atom is 0.360 e. The van der Waals surface area contributed by atoms with Crippen molar-refractivity contribution in [3.63, 3.8) is 0 Å². The first-order valence-electron chi connectivity index (χ1n) is 6.00. The maximum absolute atomic E-state index is 11.6. The molecule has 2 rings (SSSR count). The Bertz CT molecular complexity index is 591. The third-order valence-electron chi connectivity index (χ3n) is 2.60. The highest BCUT2D eigenvalue weighted by Gasteiger charge is 2.21. The van der Waals surface area contributed by atoms with Crippen LogP contribution < -0.4 is 0 Å². The third kappa shape index (κ3) is 2.82. The van der Waals surface area contributed by atoms with Crippen molar-refractivity contribution in [2.24, 2.45) is 0 Å². The number of aromatic nitrogens is 5. The van der Waals surface area contributed by atoms with Gasteiger partial charge >= 0.3 is 5.97 Å². The van der Waals surface area contributed by atoms with Crippen molar-refractivity contribution in [1.82, 2.24) is 25.1 Å². The van der Waals surface area contributed by atoms with E-state index in [2.05, 4.69) is 25.2 Å². The van der Waals surface area contributed by atoms with Gasteiger partial charge in [-0.2, -0.15) is 4.98 Å². The molecule has 0 fully saturated rings. The van der Waals surface area contributed by atoms with Gasteiger partial charge in [-0.1, -0.05) is 17.3 Å². The van der Waals surface area contributed by atoms with Gasteiger partial charge in [-0.3, -0.25) is 0 Å². The van der Waals surface area contributed by atoms with Gasteiger partial charge in [0.15, 0.2) is 11.5 Å². The van der Waals surface area contributed by atoms with E-state index < -0.39 is 5.97 Å². The first-order valence-corrected chi connectivity index (χ1v) is 6.00. The molecule has 0 saturated heterocycles. The zero-order chi connectivity index (χ0) is 14.5. The van der Waals surface area contributed by atoms with E-state index in [1.54, 1.807) is 0 Å². The van der Waals surface area contributed by atoms with Crippen molar-refractivity contribution in [2.75, 3.05) is 14.2 Å². The summed E-state index contributed by atoms with van der Waals surface area (Å²) in [6.45, 7) is 2.33. The first kappa shape index (κ1) is 14.1. The van der Waals surface area contributed by atoms with E-state index >= 15 is 0 Å². The lowest BCUT2D eigenvalue weighted by atomic mass is 10.3. The number of carbonyl (C=O) groups excluding carboxylic acids is 1. The van der Waals surface area contributed by atoms with Crippen LogP contribution in [0.25, 0.3) is 0 Å². The Morgan fingerprint density at radius 3 is 2.80 bits per heavy atom. The fourth-order valence-corrected chi connectivity index (χ4v) is 1.63. The number of hydrogen-bond acceptors (Lipinski definition) is 8. The molecule has 2 aromatic heterocycles. The summed E-state index contributed by atoms with van der Waals surface area (Å²) < 4.78 is 16.2. The van der Waals surface area contributed by atoms with E-state index in [0.717, 1.165) is 0 Å². The SMILES string of the molecule is CCc1nc(Cn2nnc(C(=O)OC)c2COC)no1. The molecule has 0 atom stereocenters. The number of esters is 1. The molecule has 2 aromatic rings. The quantitative estimate of drug-likeness (QED) is 0.691. The Labute approximate surface area is 114 Å². The Morgan fingerprint density at radius 1 is 1.40 bits per heavy atom. The van der Waals surface area contributed by atoms with Crippen LogP contribution >= 0.6 is 0 Å². The van der Waals surface area contributed by atoms with Crippen molar-refractivity contribution in [3.05, 3.63) is 23.1 Å². The van der Waals surface area contributed by atoms with Crippen molar-refractivity contribution in [1.29, 1.82) is 0 Å². The maximum atomic E-state index is 11.6. The van der Waals surface area contributed by atoms with Crippen LogP contribution in [0.15, 0.2) is 4.52 Å². The molecule has 9 heteroatoms. The van der Waals surface area contributed by atoms with Crippen LogP contribution in [-0.4, -0.2) is 45.3 Å². The van der Waals surface area contributed by atoms with E-state index in [0.29, 0.717) is 23.8 Å². The second kappa shape index (κ2) is 6.24. The molecular weight excluding hydrogens is 266 g/mol. The second-order valence-electron chi connectivity index (χ2n) is 3.92. The molecule has 0 aromatic carbocycles. The molecule has 0 saturated carbocycles. The van der Waals surface area contributed by atoms with E-state index in [1.165, 1.54) is 18.9 Å². The summed E-state index contributed by atoms with van der Waals surface area (Å²) in [5.41, 5.74) is 0.621. The zero-order valence-corrected chi connectivity index (χ0v) is 11.5. The van der Waals surface area contributed by atoms with E-state index in [4.69, 9.17) is 9.26 Å². The van der Waals surface area contributed by atoms with Gasteiger partial charge in [0.2, 0.25) is 5.89 Å². The predicted octanol–water partition coefficient (Wildman–Crippen LogP) is 0.205. The summed E-state index contributed by atoms with van der Waals surface area (Å²) in [6.07, 6.45) is 0.655. The number of rotatable bonds is 6. The highest BCUT2D eigenvalue weighted by molar-refractivity contribution is 5.88. The summed E-state index contributed by atoms with van der Waals surface area (Å²) in [7, 11) is 2.80. The molecule has 0 aliphatic heterocycles. The predicted molar refractivity (Wildman–Crippen MR) is 64.9 cm³/mol. The molecular formula is C11H15N5O4. The number of methoxy groups -OCH3 is 2. The van der Waals surface area contributed by atoms with Gasteiger partial charge in [0.1, 0.15) is 6.54 Å². The minimum absolute atomic E-state index is 0.119. The number of aryl methyl sites for hydroxylation is 1. The molecule has 0 bridgehead atoms. The van der Waals surface area contributed by atoms with Crippen molar-refractivity contribution < 1.29 is 18.8 Å². The summed E-state index contributed by atoms with van der Waals surface area (Å²) in [5.74, 6) is 0.438. The topological polar surface area (TPSA) is 105 Å².